The van der Waals surface area contributed by atoms with Crippen molar-refractivity contribution in [3.8, 4) is 0 Å². The van der Waals surface area contributed by atoms with Gasteiger partial charge in [0.2, 0.25) is 0 Å². The maximum absolute atomic E-state index is 13.2. The quantitative estimate of drug-likeness (QED) is 0.452. The largest absolute Gasteiger partial charge is 0.372 e. The third-order valence-corrected chi connectivity index (χ3v) is 12.0. The van der Waals surface area contributed by atoms with Crippen LogP contribution in [0.3, 0.4) is 0 Å². The molecule has 192 valence electrons. The Balaban J connectivity index is 1.31. The number of ether oxygens (including phenoxy) is 1. The molecule has 0 aromatic rings. The van der Waals surface area contributed by atoms with Crippen molar-refractivity contribution in [1.29, 1.82) is 0 Å². The van der Waals surface area contributed by atoms with Crippen molar-refractivity contribution >= 4 is 5.91 Å². The Morgan fingerprint density at radius 2 is 1.97 bits per heavy atom. The first kappa shape index (κ1) is 24.8. The SMILES string of the molecule is CCCCC(OC)C(=O)N(C)C1CCC2(C)C(=CCC3C2CCC24CN(C)C(C)C2CCC34)C1. The van der Waals surface area contributed by atoms with Gasteiger partial charge in [0.1, 0.15) is 6.10 Å². The Bertz CT molecular complexity index is 810. The Morgan fingerprint density at radius 1 is 1.21 bits per heavy atom. The number of hydrogen-bond donors (Lipinski definition) is 0. The Kier molecular flexibility index (Phi) is 6.72. The number of hydrogen-bond acceptors (Lipinski definition) is 3. The average molecular weight is 471 g/mol. The van der Waals surface area contributed by atoms with Crippen molar-refractivity contribution in [3.63, 3.8) is 0 Å². The fourth-order valence-electron chi connectivity index (χ4n) is 9.91. The highest BCUT2D eigenvalue weighted by atomic mass is 16.5. The minimum atomic E-state index is -0.278. The highest BCUT2D eigenvalue weighted by Gasteiger charge is 2.64. The molecule has 0 N–H and O–H groups in total. The summed E-state index contributed by atoms with van der Waals surface area (Å²) in [6.45, 7) is 8.61. The molecule has 0 aromatic heterocycles. The first-order valence-corrected chi connectivity index (χ1v) is 14.5. The van der Waals surface area contributed by atoms with Gasteiger partial charge in [0.15, 0.2) is 0 Å². The number of carbonyl (C=O) groups excluding carboxylic acids is 1. The molecule has 9 unspecified atom stereocenters. The third kappa shape index (κ3) is 3.64. The predicted octanol–water partition coefficient (Wildman–Crippen LogP) is 5.91. The summed E-state index contributed by atoms with van der Waals surface area (Å²) in [5, 5.41) is 0. The van der Waals surface area contributed by atoms with Gasteiger partial charge in [-0.05, 0) is 106 Å². The second-order valence-corrected chi connectivity index (χ2v) is 13.1. The van der Waals surface area contributed by atoms with Crippen LogP contribution < -0.4 is 0 Å². The van der Waals surface area contributed by atoms with Crippen molar-refractivity contribution < 1.29 is 9.53 Å². The molecule has 4 nitrogen and oxygen atoms in total. The van der Waals surface area contributed by atoms with E-state index in [4.69, 9.17) is 4.74 Å². The van der Waals surface area contributed by atoms with Crippen LogP contribution in [-0.2, 0) is 9.53 Å². The van der Waals surface area contributed by atoms with Gasteiger partial charge in [-0.3, -0.25) is 4.79 Å². The van der Waals surface area contributed by atoms with E-state index in [1.165, 1.54) is 45.1 Å². The van der Waals surface area contributed by atoms with E-state index in [0.717, 1.165) is 61.8 Å². The molecule has 1 spiro atoms. The van der Waals surface area contributed by atoms with Crippen LogP contribution in [0.25, 0.3) is 0 Å². The zero-order valence-corrected chi connectivity index (χ0v) is 22.8. The molecule has 3 saturated carbocycles. The van der Waals surface area contributed by atoms with Crippen LogP contribution in [-0.4, -0.2) is 61.6 Å². The first-order chi connectivity index (χ1) is 16.3. The van der Waals surface area contributed by atoms with Gasteiger partial charge in [0, 0.05) is 32.8 Å². The van der Waals surface area contributed by atoms with E-state index in [2.05, 4.69) is 38.8 Å². The summed E-state index contributed by atoms with van der Waals surface area (Å²) in [6.07, 6.45) is 15.9. The maximum atomic E-state index is 13.2. The lowest BCUT2D eigenvalue weighted by Gasteiger charge is -2.58. The summed E-state index contributed by atoms with van der Waals surface area (Å²) in [5.74, 6) is 3.78. The van der Waals surface area contributed by atoms with E-state index >= 15 is 0 Å². The number of amides is 1. The normalized spacial score (nSPS) is 44.5. The molecule has 1 saturated heterocycles. The molecule has 0 aromatic carbocycles. The molecule has 9 atom stereocenters. The number of likely N-dealkylation sites (N-methyl/N-ethyl adjacent to an activating group) is 1. The number of methoxy groups -OCH3 is 1. The van der Waals surface area contributed by atoms with Crippen LogP contribution in [0, 0.1) is 34.5 Å². The first-order valence-electron chi connectivity index (χ1n) is 14.5. The van der Waals surface area contributed by atoms with Gasteiger partial charge < -0.3 is 14.5 Å². The lowest BCUT2D eigenvalue weighted by atomic mass is 9.47. The van der Waals surface area contributed by atoms with Gasteiger partial charge in [-0.1, -0.05) is 38.3 Å². The van der Waals surface area contributed by atoms with Crippen LogP contribution >= 0.6 is 0 Å². The fraction of sp³-hybridized carbons (Fsp3) is 0.900. The second-order valence-electron chi connectivity index (χ2n) is 13.1. The number of unbranched alkanes of at least 4 members (excludes halogenated alkanes) is 1. The van der Waals surface area contributed by atoms with E-state index in [-0.39, 0.29) is 12.0 Å². The van der Waals surface area contributed by atoms with Crippen molar-refractivity contribution in [2.45, 2.75) is 110 Å². The highest BCUT2D eigenvalue weighted by molar-refractivity contribution is 5.81. The van der Waals surface area contributed by atoms with Gasteiger partial charge in [0.25, 0.3) is 5.91 Å². The smallest absolute Gasteiger partial charge is 0.251 e. The zero-order valence-electron chi connectivity index (χ0n) is 22.8. The number of fused-ring (bicyclic) bond motifs is 4. The van der Waals surface area contributed by atoms with Gasteiger partial charge >= 0.3 is 0 Å². The summed E-state index contributed by atoms with van der Waals surface area (Å²) in [7, 11) is 6.09. The van der Waals surface area contributed by atoms with Crippen molar-refractivity contribution in [3.05, 3.63) is 11.6 Å². The molecule has 1 amide bonds. The van der Waals surface area contributed by atoms with Crippen molar-refractivity contribution in [1.82, 2.24) is 9.80 Å². The molecular formula is C30H50N2O2. The van der Waals surface area contributed by atoms with Gasteiger partial charge in [-0.2, -0.15) is 0 Å². The van der Waals surface area contributed by atoms with Crippen molar-refractivity contribution in [2.24, 2.45) is 34.5 Å². The van der Waals surface area contributed by atoms with E-state index in [1.807, 2.05) is 11.9 Å². The zero-order chi connectivity index (χ0) is 24.3. The molecule has 1 heterocycles. The number of carbonyl (C=O) groups is 1. The number of rotatable bonds is 6. The van der Waals surface area contributed by atoms with Crippen LogP contribution in [0.1, 0.15) is 91.4 Å². The average Bonchev–Trinajstić information content (AvgIpc) is 3.32. The van der Waals surface area contributed by atoms with E-state index < -0.39 is 0 Å². The summed E-state index contributed by atoms with van der Waals surface area (Å²) in [4.78, 5) is 17.9. The van der Waals surface area contributed by atoms with E-state index in [1.54, 1.807) is 12.7 Å². The van der Waals surface area contributed by atoms with Crippen LogP contribution in [0.2, 0.25) is 0 Å². The third-order valence-electron chi connectivity index (χ3n) is 12.0. The van der Waals surface area contributed by atoms with Crippen LogP contribution in [0.4, 0.5) is 0 Å². The molecule has 4 fully saturated rings. The summed E-state index contributed by atoms with van der Waals surface area (Å²) in [6, 6.07) is 1.10. The summed E-state index contributed by atoms with van der Waals surface area (Å²) < 4.78 is 5.60. The van der Waals surface area contributed by atoms with Crippen LogP contribution in [0.5, 0.6) is 0 Å². The molecule has 34 heavy (non-hydrogen) atoms. The van der Waals surface area contributed by atoms with E-state index in [9.17, 15) is 4.79 Å². The Morgan fingerprint density at radius 3 is 2.71 bits per heavy atom. The van der Waals surface area contributed by atoms with Gasteiger partial charge in [-0.15, -0.1) is 0 Å². The van der Waals surface area contributed by atoms with E-state index in [0.29, 0.717) is 16.9 Å². The lowest BCUT2D eigenvalue weighted by molar-refractivity contribution is -0.144. The molecular weight excluding hydrogens is 420 g/mol. The molecule has 4 aliphatic carbocycles. The summed E-state index contributed by atoms with van der Waals surface area (Å²) >= 11 is 0. The second kappa shape index (κ2) is 9.21. The maximum Gasteiger partial charge on any atom is 0.251 e. The van der Waals surface area contributed by atoms with Gasteiger partial charge in [-0.25, -0.2) is 0 Å². The monoisotopic (exact) mass is 470 g/mol. The summed E-state index contributed by atoms with van der Waals surface area (Å²) in [5.41, 5.74) is 2.63. The number of allylic oxidation sites excluding steroid dienone is 1. The standard InChI is InChI=1S/C30H50N2O2/c1-7-8-9-27(34-6)28(33)32(5)22-14-16-29(3)21(18-22)10-11-23-25(29)15-17-30-19-31(4)20(2)24(30)12-13-26(23)30/h10,20,22-27H,7-9,11-19H2,1-6H3. The molecule has 5 aliphatic rings. The molecule has 0 bridgehead atoms. The molecule has 1 aliphatic heterocycles. The minimum absolute atomic E-state index is 0.190. The Labute approximate surface area is 208 Å². The number of likely N-dealkylation sites (tertiary alicyclic amines) is 1. The minimum Gasteiger partial charge on any atom is -0.372 e. The van der Waals surface area contributed by atoms with Crippen molar-refractivity contribution in [2.75, 3.05) is 27.7 Å². The molecule has 5 rings (SSSR count). The Hall–Kier alpha value is -0.870. The topological polar surface area (TPSA) is 32.8 Å². The fourth-order valence-corrected chi connectivity index (χ4v) is 9.91. The molecule has 4 heteroatoms. The number of nitrogens with zero attached hydrogens (tertiary/aromatic N) is 2. The molecule has 0 radical (unpaired) electrons. The van der Waals surface area contributed by atoms with Gasteiger partial charge in [0.05, 0.1) is 0 Å². The predicted molar refractivity (Wildman–Crippen MR) is 138 cm³/mol. The highest BCUT2D eigenvalue weighted by Crippen LogP contribution is 2.68. The van der Waals surface area contributed by atoms with Crippen LogP contribution in [0.15, 0.2) is 11.6 Å². The lowest BCUT2D eigenvalue weighted by Crippen LogP contribution is -2.53.